The highest BCUT2D eigenvalue weighted by atomic mass is 35.5. The quantitative estimate of drug-likeness (QED) is 0.596. The van der Waals surface area contributed by atoms with E-state index in [1.54, 1.807) is 18.2 Å². The summed E-state index contributed by atoms with van der Waals surface area (Å²) in [5.74, 6) is -0.0714. The van der Waals surface area contributed by atoms with Gasteiger partial charge in [0.1, 0.15) is 10.7 Å². The topological polar surface area (TPSA) is 85.5 Å². The van der Waals surface area contributed by atoms with Gasteiger partial charge >= 0.3 is 5.97 Å². The monoisotopic (exact) mass is 354 g/mol. The number of aromatic nitrogens is 2. The van der Waals surface area contributed by atoms with Crippen molar-refractivity contribution in [1.29, 1.82) is 0 Å². The van der Waals surface area contributed by atoms with E-state index in [4.69, 9.17) is 20.8 Å². The molecule has 0 spiro atoms. The predicted molar refractivity (Wildman–Crippen MR) is 87.8 cm³/mol. The number of rotatable bonds is 7. The van der Waals surface area contributed by atoms with Crippen LogP contribution in [0.2, 0.25) is 5.02 Å². The smallest absolute Gasteiger partial charge is 0.342 e. The zero-order chi connectivity index (χ0) is 16.8. The Morgan fingerprint density at radius 3 is 2.78 bits per heavy atom. The molecule has 0 amide bonds. The summed E-state index contributed by atoms with van der Waals surface area (Å²) in [7, 11) is 0. The van der Waals surface area contributed by atoms with Gasteiger partial charge in [-0.05, 0) is 42.5 Å². The molecular weight excluding hydrogens is 340 g/mol. The Labute approximate surface area is 142 Å². The van der Waals surface area contributed by atoms with E-state index in [0.29, 0.717) is 35.3 Å². The van der Waals surface area contributed by atoms with E-state index >= 15 is 0 Å². The molecule has 122 valence electrons. The number of aliphatic carboxylic acids is 1. The van der Waals surface area contributed by atoms with Crippen LogP contribution in [0, 0.1) is 0 Å². The molecule has 1 aromatic heterocycles. The maximum atomic E-state index is 11.4. The summed E-state index contributed by atoms with van der Waals surface area (Å²) in [6.07, 6.45) is 2.08. The summed E-state index contributed by atoms with van der Waals surface area (Å²) in [6, 6.07) is 5.07. The number of thioether (sulfide) groups is 1. The van der Waals surface area contributed by atoms with Crippen molar-refractivity contribution in [2.45, 2.75) is 25.5 Å². The SMILES string of the molecule is CCOc1ccc(/C=C(\Sc2nnc(CC)o2)C(=O)O)cc1Cl. The molecule has 0 atom stereocenters. The van der Waals surface area contributed by atoms with E-state index in [1.165, 1.54) is 6.08 Å². The number of carboxylic acids is 1. The van der Waals surface area contributed by atoms with Crippen molar-refractivity contribution in [3.05, 3.63) is 39.6 Å². The minimum absolute atomic E-state index is 0.0523. The average Bonchev–Trinajstić information content (AvgIpc) is 2.97. The van der Waals surface area contributed by atoms with Crippen molar-refractivity contribution in [3.63, 3.8) is 0 Å². The van der Waals surface area contributed by atoms with Crippen LogP contribution >= 0.6 is 23.4 Å². The molecule has 0 aliphatic heterocycles. The van der Waals surface area contributed by atoms with Crippen LogP contribution in [0.5, 0.6) is 5.75 Å². The van der Waals surface area contributed by atoms with Crippen LogP contribution in [0.3, 0.4) is 0 Å². The number of carboxylic acid groups (broad SMARTS) is 1. The molecule has 8 heteroatoms. The highest BCUT2D eigenvalue weighted by Gasteiger charge is 2.15. The van der Waals surface area contributed by atoms with Gasteiger partial charge in [0.25, 0.3) is 5.22 Å². The lowest BCUT2D eigenvalue weighted by Crippen LogP contribution is -1.97. The molecule has 0 fully saturated rings. The van der Waals surface area contributed by atoms with Gasteiger partial charge in [0.2, 0.25) is 5.89 Å². The van der Waals surface area contributed by atoms with Gasteiger partial charge in [0.15, 0.2) is 0 Å². The number of benzene rings is 1. The summed E-state index contributed by atoms with van der Waals surface area (Å²) in [5.41, 5.74) is 0.638. The fourth-order valence-corrected chi connectivity index (χ4v) is 2.62. The number of aryl methyl sites for hydroxylation is 1. The molecule has 0 radical (unpaired) electrons. The first-order valence-electron chi connectivity index (χ1n) is 6.91. The van der Waals surface area contributed by atoms with Crippen molar-refractivity contribution in [2.75, 3.05) is 6.61 Å². The number of carbonyl (C=O) groups is 1. The first-order chi connectivity index (χ1) is 11.0. The highest BCUT2D eigenvalue weighted by molar-refractivity contribution is 8.03. The fourth-order valence-electron chi connectivity index (χ4n) is 1.68. The Bertz CT molecular complexity index is 730. The second-order valence-electron chi connectivity index (χ2n) is 4.35. The second kappa shape index (κ2) is 8.03. The molecule has 2 aromatic rings. The van der Waals surface area contributed by atoms with Crippen molar-refractivity contribution >= 4 is 35.4 Å². The van der Waals surface area contributed by atoms with Gasteiger partial charge in [-0.1, -0.05) is 24.6 Å². The molecule has 0 bridgehead atoms. The summed E-state index contributed by atoms with van der Waals surface area (Å²) < 4.78 is 10.7. The average molecular weight is 355 g/mol. The summed E-state index contributed by atoms with van der Waals surface area (Å²) in [4.78, 5) is 11.5. The predicted octanol–water partition coefficient (Wildman–Crippen LogP) is 3.90. The molecule has 2 rings (SSSR count). The minimum Gasteiger partial charge on any atom is -0.492 e. The summed E-state index contributed by atoms with van der Waals surface area (Å²) in [5, 5.41) is 17.5. The van der Waals surface area contributed by atoms with Gasteiger partial charge < -0.3 is 14.3 Å². The zero-order valence-electron chi connectivity index (χ0n) is 12.6. The number of nitrogens with zero attached hydrogens (tertiary/aromatic N) is 2. The van der Waals surface area contributed by atoms with Gasteiger partial charge in [-0.2, -0.15) is 0 Å². The van der Waals surface area contributed by atoms with E-state index in [2.05, 4.69) is 10.2 Å². The molecule has 0 aliphatic rings. The number of ether oxygens (including phenoxy) is 1. The Kier molecular flexibility index (Phi) is 6.06. The maximum Gasteiger partial charge on any atom is 0.342 e. The van der Waals surface area contributed by atoms with Crippen LogP contribution in [0.4, 0.5) is 0 Å². The van der Waals surface area contributed by atoms with Crippen molar-refractivity contribution in [3.8, 4) is 5.75 Å². The van der Waals surface area contributed by atoms with Gasteiger partial charge in [0.05, 0.1) is 11.6 Å². The van der Waals surface area contributed by atoms with Crippen molar-refractivity contribution < 1.29 is 19.1 Å². The van der Waals surface area contributed by atoms with Crippen LogP contribution in [0.1, 0.15) is 25.3 Å². The molecule has 23 heavy (non-hydrogen) atoms. The lowest BCUT2D eigenvalue weighted by molar-refractivity contribution is -0.131. The molecule has 0 unspecified atom stereocenters. The van der Waals surface area contributed by atoms with Crippen LogP contribution in [-0.4, -0.2) is 27.9 Å². The summed E-state index contributed by atoms with van der Waals surface area (Å²) in [6.45, 7) is 4.23. The molecule has 6 nitrogen and oxygen atoms in total. The van der Waals surface area contributed by atoms with E-state index in [1.807, 2.05) is 13.8 Å². The molecule has 0 aliphatic carbocycles. The van der Waals surface area contributed by atoms with Crippen LogP contribution in [0.15, 0.2) is 32.7 Å². The minimum atomic E-state index is -1.09. The van der Waals surface area contributed by atoms with E-state index in [9.17, 15) is 9.90 Å². The van der Waals surface area contributed by atoms with Gasteiger partial charge in [-0.3, -0.25) is 0 Å². The molecular formula is C15H15ClN2O4S. The lowest BCUT2D eigenvalue weighted by atomic mass is 10.2. The first kappa shape index (κ1) is 17.4. The Morgan fingerprint density at radius 1 is 1.43 bits per heavy atom. The van der Waals surface area contributed by atoms with E-state index < -0.39 is 5.97 Å². The lowest BCUT2D eigenvalue weighted by Gasteiger charge is -2.06. The van der Waals surface area contributed by atoms with E-state index in [0.717, 1.165) is 11.8 Å². The van der Waals surface area contributed by atoms with Gasteiger partial charge in [0, 0.05) is 6.42 Å². The molecule has 0 saturated heterocycles. The maximum absolute atomic E-state index is 11.4. The number of hydrogen-bond acceptors (Lipinski definition) is 6. The van der Waals surface area contributed by atoms with Gasteiger partial charge in [-0.15, -0.1) is 10.2 Å². The zero-order valence-corrected chi connectivity index (χ0v) is 14.1. The third-order valence-electron chi connectivity index (χ3n) is 2.71. The molecule has 1 heterocycles. The second-order valence-corrected chi connectivity index (χ2v) is 5.75. The number of hydrogen-bond donors (Lipinski definition) is 1. The third kappa shape index (κ3) is 4.74. The Balaban J connectivity index is 2.24. The largest absolute Gasteiger partial charge is 0.492 e. The Morgan fingerprint density at radius 2 is 2.22 bits per heavy atom. The van der Waals surface area contributed by atoms with Crippen molar-refractivity contribution in [1.82, 2.24) is 10.2 Å². The third-order valence-corrected chi connectivity index (χ3v) is 3.86. The van der Waals surface area contributed by atoms with Crippen molar-refractivity contribution in [2.24, 2.45) is 0 Å². The normalized spacial score (nSPS) is 11.5. The highest BCUT2D eigenvalue weighted by Crippen LogP contribution is 2.30. The molecule has 0 saturated carbocycles. The fraction of sp³-hybridized carbons (Fsp3) is 0.267. The van der Waals surface area contributed by atoms with Crippen LogP contribution in [0.25, 0.3) is 6.08 Å². The Hall–Kier alpha value is -1.99. The molecule has 1 aromatic carbocycles. The van der Waals surface area contributed by atoms with Crippen LogP contribution in [-0.2, 0) is 11.2 Å². The molecule has 1 N–H and O–H groups in total. The van der Waals surface area contributed by atoms with E-state index in [-0.39, 0.29) is 10.1 Å². The van der Waals surface area contributed by atoms with Crippen LogP contribution < -0.4 is 4.74 Å². The summed E-state index contributed by atoms with van der Waals surface area (Å²) >= 11 is 7.00. The first-order valence-corrected chi connectivity index (χ1v) is 8.10. The number of halogens is 1. The van der Waals surface area contributed by atoms with Gasteiger partial charge in [-0.25, -0.2) is 4.79 Å². The standard InChI is InChI=1S/C15H15ClN2O4S/c1-3-13-17-18-15(22-13)23-12(14(19)20)8-9-5-6-11(21-4-2)10(16)7-9/h5-8H,3-4H2,1-2H3,(H,19,20)/b12-8-.